The lowest BCUT2D eigenvalue weighted by molar-refractivity contribution is -0.105. The molecule has 0 aromatic heterocycles. The minimum absolute atomic E-state index is 0.334. The highest BCUT2D eigenvalue weighted by Gasteiger charge is 2.05. The first-order valence-electron chi connectivity index (χ1n) is 3.90. The standard InChI is InChI=1S/C8H9ClN2O3S/c1-15(13,14)11-6-2-3-7(9)8(4-6)10-5-12/h2-5,11H,1H3,(H,10,12). The number of hydrogen-bond donors (Lipinski definition) is 2. The number of anilines is 2. The van der Waals surface area contributed by atoms with Gasteiger partial charge in [-0.2, -0.15) is 0 Å². The summed E-state index contributed by atoms with van der Waals surface area (Å²) in [5.41, 5.74) is 0.687. The van der Waals surface area contributed by atoms with Gasteiger partial charge in [0.25, 0.3) is 0 Å². The van der Waals surface area contributed by atoms with Gasteiger partial charge in [-0.1, -0.05) is 11.6 Å². The number of hydrogen-bond acceptors (Lipinski definition) is 3. The largest absolute Gasteiger partial charge is 0.327 e. The maximum atomic E-state index is 10.9. The van der Waals surface area contributed by atoms with Crippen LogP contribution < -0.4 is 10.0 Å². The zero-order valence-corrected chi connectivity index (χ0v) is 9.39. The highest BCUT2D eigenvalue weighted by molar-refractivity contribution is 7.92. The molecule has 0 aliphatic rings. The van der Waals surface area contributed by atoms with Crippen LogP contribution in [0, 0.1) is 0 Å². The summed E-state index contributed by atoms with van der Waals surface area (Å²) >= 11 is 5.75. The van der Waals surface area contributed by atoms with Gasteiger partial charge >= 0.3 is 0 Å². The molecule has 5 nitrogen and oxygen atoms in total. The van der Waals surface area contributed by atoms with Crippen molar-refractivity contribution in [2.45, 2.75) is 0 Å². The van der Waals surface area contributed by atoms with Gasteiger partial charge in [0.15, 0.2) is 0 Å². The first-order chi connectivity index (χ1) is 6.92. The van der Waals surface area contributed by atoms with Crippen molar-refractivity contribution in [3.05, 3.63) is 23.2 Å². The van der Waals surface area contributed by atoms with Gasteiger partial charge in [0.05, 0.1) is 22.7 Å². The molecule has 2 N–H and O–H groups in total. The molecule has 0 bridgehead atoms. The van der Waals surface area contributed by atoms with Crippen LogP contribution >= 0.6 is 11.6 Å². The van der Waals surface area contributed by atoms with E-state index in [4.69, 9.17) is 11.6 Å². The van der Waals surface area contributed by atoms with Crippen molar-refractivity contribution < 1.29 is 13.2 Å². The number of rotatable bonds is 4. The molecule has 1 rings (SSSR count). The van der Waals surface area contributed by atoms with E-state index in [1.165, 1.54) is 18.2 Å². The Morgan fingerprint density at radius 1 is 1.40 bits per heavy atom. The number of benzene rings is 1. The second-order valence-electron chi connectivity index (χ2n) is 2.83. The topological polar surface area (TPSA) is 75.3 Å². The molecule has 1 amide bonds. The Balaban J connectivity index is 3.02. The van der Waals surface area contributed by atoms with E-state index in [0.717, 1.165) is 6.26 Å². The van der Waals surface area contributed by atoms with E-state index in [1.54, 1.807) is 0 Å². The lowest BCUT2D eigenvalue weighted by atomic mass is 10.3. The van der Waals surface area contributed by atoms with Crippen molar-refractivity contribution >= 4 is 39.4 Å². The van der Waals surface area contributed by atoms with Gasteiger partial charge in [0.1, 0.15) is 0 Å². The van der Waals surface area contributed by atoms with Gasteiger partial charge < -0.3 is 5.32 Å². The average molecular weight is 249 g/mol. The van der Waals surface area contributed by atoms with Crippen LogP contribution in [0.2, 0.25) is 5.02 Å². The van der Waals surface area contributed by atoms with Crippen molar-refractivity contribution in [1.29, 1.82) is 0 Å². The van der Waals surface area contributed by atoms with E-state index in [0.29, 0.717) is 22.8 Å². The van der Waals surface area contributed by atoms with Crippen molar-refractivity contribution in [3.8, 4) is 0 Å². The summed E-state index contributed by atoms with van der Waals surface area (Å²) in [7, 11) is -3.33. The van der Waals surface area contributed by atoms with Gasteiger partial charge in [-0.3, -0.25) is 9.52 Å². The van der Waals surface area contributed by atoms with E-state index >= 15 is 0 Å². The van der Waals surface area contributed by atoms with E-state index < -0.39 is 10.0 Å². The molecule has 15 heavy (non-hydrogen) atoms. The number of sulfonamides is 1. The summed E-state index contributed by atoms with van der Waals surface area (Å²) in [6.45, 7) is 0. The molecule has 7 heteroatoms. The fourth-order valence-electron chi connectivity index (χ4n) is 0.977. The van der Waals surface area contributed by atoms with Crippen LogP contribution in [-0.4, -0.2) is 21.1 Å². The van der Waals surface area contributed by atoms with E-state index in [2.05, 4.69) is 10.0 Å². The molecule has 0 spiro atoms. The van der Waals surface area contributed by atoms with Gasteiger partial charge in [-0.05, 0) is 18.2 Å². The van der Waals surface area contributed by atoms with Gasteiger partial charge in [-0.25, -0.2) is 8.42 Å². The lowest BCUT2D eigenvalue weighted by Gasteiger charge is -2.07. The Bertz CT molecular complexity index is 473. The summed E-state index contributed by atoms with van der Waals surface area (Å²) in [6, 6.07) is 4.41. The first-order valence-corrected chi connectivity index (χ1v) is 6.17. The molecule has 0 radical (unpaired) electrons. The predicted octanol–water partition coefficient (Wildman–Crippen LogP) is 1.28. The van der Waals surface area contributed by atoms with Crippen molar-refractivity contribution in [3.63, 3.8) is 0 Å². The van der Waals surface area contributed by atoms with Crippen molar-refractivity contribution in [1.82, 2.24) is 0 Å². The minimum atomic E-state index is -3.33. The Hall–Kier alpha value is -1.27. The van der Waals surface area contributed by atoms with Crippen LogP contribution in [0.15, 0.2) is 18.2 Å². The molecule has 1 aromatic rings. The second kappa shape index (κ2) is 4.50. The molecular formula is C8H9ClN2O3S. The lowest BCUT2D eigenvalue weighted by Crippen LogP contribution is -2.09. The molecule has 0 aliphatic carbocycles. The summed E-state index contributed by atoms with van der Waals surface area (Å²) in [4.78, 5) is 10.2. The van der Waals surface area contributed by atoms with Crippen molar-refractivity contribution in [2.24, 2.45) is 0 Å². The zero-order chi connectivity index (χ0) is 11.5. The Morgan fingerprint density at radius 3 is 2.60 bits per heavy atom. The maximum absolute atomic E-state index is 10.9. The molecule has 0 unspecified atom stereocenters. The first kappa shape index (κ1) is 11.8. The SMILES string of the molecule is CS(=O)(=O)Nc1ccc(Cl)c(NC=O)c1. The molecule has 0 heterocycles. The van der Waals surface area contributed by atoms with E-state index in [9.17, 15) is 13.2 Å². The second-order valence-corrected chi connectivity index (χ2v) is 4.99. The van der Waals surface area contributed by atoms with Gasteiger partial charge in [0.2, 0.25) is 16.4 Å². The van der Waals surface area contributed by atoms with Crippen LogP contribution in [-0.2, 0) is 14.8 Å². The summed E-state index contributed by atoms with van der Waals surface area (Å²) in [5.74, 6) is 0. The number of carbonyl (C=O) groups is 1. The molecule has 0 fully saturated rings. The van der Waals surface area contributed by atoms with E-state index in [-0.39, 0.29) is 0 Å². The Kier molecular flexibility index (Phi) is 3.54. The highest BCUT2D eigenvalue weighted by atomic mass is 35.5. The van der Waals surface area contributed by atoms with Crippen LogP contribution in [0.4, 0.5) is 11.4 Å². The third kappa shape index (κ3) is 3.77. The van der Waals surface area contributed by atoms with Crippen LogP contribution in [0.25, 0.3) is 0 Å². The van der Waals surface area contributed by atoms with Crippen LogP contribution in [0.1, 0.15) is 0 Å². The third-order valence-electron chi connectivity index (χ3n) is 1.48. The smallest absolute Gasteiger partial charge is 0.229 e. The Labute approximate surface area is 92.5 Å². The third-order valence-corrected chi connectivity index (χ3v) is 2.42. The fraction of sp³-hybridized carbons (Fsp3) is 0.125. The molecule has 0 saturated heterocycles. The van der Waals surface area contributed by atoms with Gasteiger partial charge in [0, 0.05) is 0 Å². The van der Waals surface area contributed by atoms with Crippen LogP contribution in [0.3, 0.4) is 0 Å². The minimum Gasteiger partial charge on any atom is -0.327 e. The maximum Gasteiger partial charge on any atom is 0.229 e. The summed E-state index contributed by atoms with van der Waals surface area (Å²) in [6.07, 6.45) is 1.50. The predicted molar refractivity (Wildman–Crippen MR) is 59.6 cm³/mol. The molecule has 0 atom stereocenters. The number of halogens is 1. The van der Waals surface area contributed by atoms with Crippen molar-refractivity contribution in [2.75, 3.05) is 16.3 Å². The van der Waals surface area contributed by atoms with Crippen LogP contribution in [0.5, 0.6) is 0 Å². The van der Waals surface area contributed by atoms with Gasteiger partial charge in [-0.15, -0.1) is 0 Å². The normalized spacial score (nSPS) is 10.8. The average Bonchev–Trinajstić information content (AvgIpc) is 2.09. The number of nitrogens with one attached hydrogen (secondary N) is 2. The molecule has 82 valence electrons. The molecule has 1 aromatic carbocycles. The highest BCUT2D eigenvalue weighted by Crippen LogP contribution is 2.25. The quantitative estimate of drug-likeness (QED) is 0.789. The summed E-state index contributed by atoms with van der Waals surface area (Å²) in [5, 5.41) is 2.69. The van der Waals surface area contributed by atoms with E-state index in [1.807, 2.05) is 0 Å². The number of carbonyl (C=O) groups excluding carboxylic acids is 1. The molecular weight excluding hydrogens is 240 g/mol. The zero-order valence-electron chi connectivity index (χ0n) is 7.82. The molecule has 0 saturated carbocycles. The fourth-order valence-corrected chi connectivity index (χ4v) is 1.70. The number of amides is 1. The summed E-state index contributed by atoms with van der Waals surface area (Å²) < 4.78 is 24.1. The monoisotopic (exact) mass is 248 g/mol. The Morgan fingerprint density at radius 2 is 2.07 bits per heavy atom. The molecule has 0 aliphatic heterocycles.